The van der Waals surface area contributed by atoms with Crippen molar-refractivity contribution in [2.24, 2.45) is 0 Å². The standard InChI is InChI=1S/C15H24BrN3/c1-12-9-13(5-6-15(12)16)19-8-4-7-18(3)14(11-19)10-17-2/h5-6,9,14,17H,4,7-8,10-11H2,1-3H3. The minimum atomic E-state index is 0.580. The molecule has 0 bridgehead atoms. The summed E-state index contributed by atoms with van der Waals surface area (Å²) in [4.78, 5) is 4.99. The van der Waals surface area contributed by atoms with Gasteiger partial charge in [-0.1, -0.05) is 15.9 Å². The van der Waals surface area contributed by atoms with Crippen LogP contribution >= 0.6 is 15.9 Å². The van der Waals surface area contributed by atoms with Crippen LogP contribution < -0.4 is 10.2 Å². The van der Waals surface area contributed by atoms with E-state index in [2.05, 4.69) is 63.2 Å². The zero-order chi connectivity index (χ0) is 13.8. The molecular formula is C15H24BrN3. The van der Waals surface area contributed by atoms with E-state index in [4.69, 9.17) is 0 Å². The number of hydrogen-bond donors (Lipinski definition) is 1. The van der Waals surface area contributed by atoms with Crippen molar-refractivity contribution in [3.63, 3.8) is 0 Å². The Hall–Kier alpha value is -0.580. The molecule has 4 heteroatoms. The van der Waals surface area contributed by atoms with E-state index < -0.39 is 0 Å². The molecule has 1 saturated heterocycles. The zero-order valence-electron chi connectivity index (χ0n) is 12.1. The van der Waals surface area contributed by atoms with Crippen LogP contribution in [0.5, 0.6) is 0 Å². The molecule has 0 amide bonds. The van der Waals surface area contributed by atoms with Gasteiger partial charge in [-0.15, -0.1) is 0 Å². The molecule has 1 fully saturated rings. The molecule has 0 radical (unpaired) electrons. The fourth-order valence-electron chi connectivity index (χ4n) is 2.69. The second kappa shape index (κ2) is 6.73. The van der Waals surface area contributed by atoms with Gasteiger partial charge in [-0.05, 0) is 57.7 Å². The minimum absolute atomic E-state index is 0.580. The molecule has 0 saturated carbocycles. The highest BCUT2D eigenvalue weighted by Crippen LogP contribution is 2.24. The topological polar surface area (TPSA) is 18.5 Å². The number of anilines is 1. The molecule has 0 aromatic heterocycles. The van der Waals surface area contributed by atoms with E-state index >= 15 is 0 Å². The van der Waals surface area contributed by atoms with Gasteiger partial charge in [0.2, 0.25) is 0 Å². The third-order valence-corrected chi connectivity index (χ3v) is 4.83. The number of nitrogens with zero attached hydrogens (tertiary/aromatic N) is 2. The van der Waals surface area contributed by atoms with Crippen LogP contribution in [-0.4, -0.2) is 51.2 Å². The summed E-state index contributed by atoms with van der Waals surface area (Å²) in [6.07, 6.45) is 1.23. The number of halogens is 1. The quantitative estimate of drug-likeness (QED) is 0.921. The van der Waals surface area contributed by atoms with E-state index in [0.717, 1.165) is 19.6 Å². The molecule has 1 aromatic carbocycles. The van der Waals surface area contributed by atoms with Crippen LogP contribution in [-0.2, 0) is 0 Å². The van der Waals surface area contributed by atoms with Gasteiger partial charge in [0.15, 0.2) is 0 Å². The second-order valence-corrected chi connectivity index (χ2v) is 6.28. The molecule has 1 aliphatic heterocycles. The lowest BCUT2D eigenvalue weighted by atomic mass is 10.2. The van der Waals surface area contributed by atoms with Crippen LogP contribution in [0, 0.1) is 6.92 Å². The lowest BCUT2D eigenvalue weighted by molar-refractivity contribution is 0.257. The van der Waals surface area contributed by atoms with Crippen molar-refractivity contribution in [3.8, 4) is 0 Å². The molecule has 0 spiro atoms. The van der Waals surface area contributed by atoms with Gasteiger partial charge in [-0.3, -0.25) is 0 Å². The SMILES string of the molecule is CNCC1CN(c2ccc(Br)c(C)c2)CCCN1C. The molecule has 1 atom stereocenters. The van der Waals surface area contributed by atoms with Gasteiger partial charge in [0.25, 0.3) is 0 Å². The van der Waals surface area contributed by atoms with Gasteiger partial charge in [-0.25, -0.2) is 0 Å². The highest BCUT2D eigenvalue weighted by Gasteiger charge is 2.22. The Kier molecular flexibility index (Phi) is 5.25. The monoisotopic (exact) mass is 325 g/mol. The largest absolute Gasteiger partial charge is 0.370 e. The van der Waals surface area contributed by atoms with Crippen molar-refractivity contribution in [2.45, 2.75) is 19.4 Å². The van der Waals surface area contributed by atoms with Gasteiger partial charge in [0.1, 0.15) is 0 Å². The summed E-state index contributed by atoms with van der Waals surface area (Å²) in [5.74, 6) is 0. The first-order valence-corrected chi connectivity index (χ1v) is 7.77. The summed E-state index contributed by atoms with van der Waals surface area (Å²) in [5, 5.41) is 3.31. The van der Waals surface area contributed by atoms with Crippen LogP contribution in [0.25, 0.3) is 0 Å². The summed E-state index contributed by atoms with van der Waals surface area (Å²) in [6, 6.07) is 7.24. The summed E-state index contributed by atoms with van der Waals surface area (Å²) in [6.45, 7) is 6.62. The maximum Gasteiger partial charge on any atom is 0.0392 e. The van der Waals surface area contributed by atoms with E-state index in [0.29, 0.717) is 6.04 Å². The minimum Gasteiger partial charge on any atom is -0.370 e. The number of aryl methyl sites for hydroxylation is 1. The van der Waals surface area contributed by atoms with Gasteiger partial charge in [-0.2, -0.15) is 0 Å². The molecule has 1 heterocycles. The van der Waals surface area contributed by atoms with Gasteiger partial charge in [0.05, 0.1) is 0 Å². The third-order valence-electron chi connectivity index (χ3n) is 3.94. The summed E-state index contributed by atoms with van der Waals surface area (Å²) in [5.41, 5.74) is 2.65. The van der Waals surface area contributed by atoms with E-state index in [-0.39, 0.29) is 0 Å². The number of likely N-dealkylation sites (N-methyl/N-ethyl adjacent to an activating group) is 2. The molecule has 3 nitrogen and oxygen atoms in total. The maximum absolute atomic E-state index is 3.58. The second-order valence-electron chi connectivity index (χ2n) is 5.43. The van der Waals surface area contributed by atoms with Crippen LogP contribution in [0.15, 0.2) is 22.7 Å². The smallest absolute Gasteiger partial charge is 0.0392 e. The van der Waals surface area contributed by atoms with E-state index in [1.165, 1.54) is 28.7 Å². The fraction of sp³-hybridized carbons (Fsp3) is 0.600. The Morgan fingerprint density at radius 2 is 2.16 bits per heavy atom. The van der Waals surface area contributed by atoms with Crippen molar-refractivity contribution in [3.05, 3.63) is 28.2 Å². The molecular weight excluding hydrogens is 302 g/mol. The Labute approximate surface area is 125 Å². The molecule has 1 aliphatic rings. The molecule has 1 aromatic rings. The molecule has 1 unspecified atom stereocenters. The Balaban J connectivity index is 2.15. The molecule has 106 valence electrons. The highest BCUT2D eigenvalue weighted by molar-refractivity contribution is 9.10. The van der Waals surface area contributed by atoms with Gasteiger partial charge in [0, 0.05) is 35.8 Å². The fourth-order valence-corrected chi connectivity index (χ4v) is 2.94. The summed E-state index contributed by atoms with van der Waals surface area (Å²) < 4.78 is 1.19. The Morgan fingerprint density at radius 3 is 2.84 bits per heavy atom. The van der Waals surface area contributed by atoms with Crippen molar-refractivity contribution in [2.75, 3.05) is 45.2 Å². The molecule has 1 N–H and O–H groups in total. The average Bonchev–Trinajstić information content (AvgIpc) is 2.56. The van der Waals surface area contributed by atoms with Crippen molar-refractivity contribution in [1.29, 1.82) is 0 Å². The lowest BCUT2D eigenvalue weighted by Crippen LogP contribution is -2.44. The van der Waals surface area contributed by atoms with E-state index in [1.807, 2.05) is 7.05 Å². The predicted molar refractivity (Wildman–Crippen MR) is 86.1 cm³/mol. The number of hydrogen-bond acceptors (Lipinski definition) is 3. The van der Waals surface area contributed by atoms with E-state index in [9.17, 15) is 0 Å². The first kappa shape index (κ1) is 14.8. The van der Waals surface area contributed by atoms with Crippen molar-refractivity contribution >= 4 is 21.6 Å². The lowest BCUT2D eigenvalue weighted by Gasteiger charge is -2.30. The highest BCUT2D eigenvalue weighted by atomic mass is 79.9. The summed E-state index contributed by atoms with van der Waals surface area (Å²) >= 11 is 3.58. The molecule has 0 aliphatic carbocycles. The van der Waals surface area contributed by atoms with Crippen molar-refractivity contribution < 1.29 is 0 Å². The Morgan fingerprint density at radius 1 is 1.37 bits per heavy atom. The number of benzene rings is 1. The molecule has 19 heavy (non-hydrogen) atoms. The van der Waals surface area contributed by atoms with E-state index in [1.54, 1.807) is 0 Å². The van der Waals surface area contributed by atoms with Crippen LogP contribution in [0.2, 0.25) is 0 Å². The van der Waals surface area contributed by atoms with Gasteiger partial charge >= 0.3 is 0 Å². The zero-order valence-corrected chi connectivity index (χ0v) is 13.7. The van der Waals surface area contributed by atoms with Crippen LogP contribution in [0.1, 0.15) is 12.0 Å². The normalized spacial score (nSPS) is 21.5. The summed E-state index contributed by atoms with van der Waals surface area (Å²) in [7, 11) is 4.27. The van der Waals surface area contributed by atoms with Crippen molar-refractivity contribution in [1.82, 2.24) is 10.2 Å². The first-order chi connectivity index (χ1) is 9.11. The predicted octanol–water partition coefficient (Wildman–Crippen LogP) is 2.49. The van der Waals surface area contributed by atoms with Gasteiger partial charge < -0.3 is 15.1 Å². The Bertz CT molecular complexity index is 422. The average molecular weight is 326 g/mol. The van der Waals surface area contributed by atoms with Crippen LogP contribution in [0.3, 0.4) is 0 Å². The number of rotatable bonds is 3. The number of nitrogens with one attached hydrogen (secondary N) is 1. The first-order valence-electron chi connectivity index (χ1n) is 6.97. The maximum atomic E-state index is 3.58. The molecule has 2 rings (SSSR count). The third kappa shape index (κ3) is 3.71. The van der Waals surface area contributed by atoms with Crippen LogP contribution in [0.4, 0.5) is 5.69 Å².